The summed E-state index contributed by atoms with van der Waals surface area (Å²) in [7, 11) is 0. The summed E-state index contributed by atoms with van der Waals surface area (Å²) in [6.45, 7) is 0. The van der Waals surface area contributed by atoms with Crippen LogP contribution in [0.3, 0.4) is 0 Å². The van der Waals surface area contributed by atoms with E-state index in [9.17, 15) is 9.18 Å². The van der Waals surface area contributed by atoms with Gasteiger partial charge in [0, 0.05) is 10.0 Å². The van der Waals surface area contributed by atoms with Gasteiger partial charge in [-0.15, -0.1) is 0 Å². The van der Waals surface area contributed by atoms with Crippen molar-refractivity contribution in [1.82, 2.24) is 0 Å². The van der Waals surface area contributed by atoms with Crippen LogP contribution in [0.15, 0.2) is 34.8 Å². The minimum absolute atomic E-state index is 0.309. The standard InChI is InChI=1S/C10H6BrFO2S/c11-8-5-6(12)1-2-7(8)9(13)3-4-10(14)15/h1-5H,(H,14,15)/b4-3+. The van der Waals surface area contributed by atoms with Crippen LogP contribution in [-0.4, -0.2) is 15.9 Å². The average Bonchev–Trinajstić information content (AvgIpc) is 2.14. The highest BCUT2D eigenvalue weighted by molar-refractivity contribution is 9.10. The Morgan fingerprint density at radius 1 is 1.47 bits per heavy atom. The third kappa shape index (κ3) is 3.53. The molecule has 0 bridgehead atoms. The Labute approximate surface area is 99.5 Å². The zero-order chi connectivity index (χ0) is 11.4. The topological polar surface area (TPSA) is 37.3 Å². The van der Waals surface area contributed by atoms with Crippen molar-refractivity contribution in [2.24, 2.45) is 0 Å². The van der Waals surface area contributed by atoms with E-state index >= 15 is 0 Å². The second-order valence-corrected chi connectivity index (χ2v) is 3.93. The Kier molecular flexibility index (Phi) is 4.11. The fraction of sp³-hybridized carbons (Fsp3) is 0. The summed E-state index contributed by atoms with van der Waals surface area (Å²) in [6.07, 6.45) is 2.23. The molecule has 15 heavy (non-hydrogen) atoms. The van der Waals surface area contributed by atoms with Crippen LogP contribution in [0.4, 0.5) is 4.39 Å². The van der Waals surface area contributed by atoms with Crippen LogP contribution in [-0.2, 0) is 0 Å². The molecule has 1 rings (SSSR count). The summed E-state index contributed by atoms with van der Waals surface area (Å²) in [5.41, 5.74) is 0.309. The molecule has 0 aliphatic heterocycles. The van der Waals surface area contributed by atoms with Gasteiger partial charge in [-0.1, -0.05) is 0 Å². The molecule has 0 aliphatic carbocycles. The van der Waals surface area contributed by atoms with Crippen LogP contribution < -0.4 is 0 Å². The minimum Gasteiger partial charge on any atom is -0.499 e. The molecule has 1 aromatic carbocycles. The number of hydrogen-bond donors (Lipinski definition) is 1. The molecule has 0 heterocycles. The predicted octanol–water partition coefficient (Wildman–Crippen LogP) is 3.21. The van der Waals surface area contributed by atoms with Gasteiger partial charge in [-0.2, -0.15) is 0 Å². The Hall–Kier alpha value is -1.07. The van der Waals surface area contributed by atoms with Gasteiger partial charge in [0.05, 0.1) is 0 Å². The second kappa shape index (κ2) is 5.14. The first-order valence-corrected chi connectivity index (χ1v) is 5.11. The largest absolute Gasteiger partial charge is 0.499 e. The summed E-state index contributed by atoms with van der Waals surface area (Å²) in [6, 6.07) is 3.73. The van der Waals surface area contributed by atoms with Crippen molar-refractivity contribution < 1.29 is 14.3 Å². The van der Waals surface area contributed by atoms with E-state index < -0.39 is 5.82 Å². The lowest BCUT2D eigenvalue weighted by Gasteiger charge is -1.99. The lowest BCUT2D eigenvalue weighted by atomic mass is 10.1. The Balaban J connectivity index is 2.97. The molecule has 0 saturated carbocycles. The van der Waals surface area contributed by atoms with Gasteiger partial charge in [0.15, 0.2) is 10.8 Å². The molecule has 0 fully saturated rings. The van der Waals surface area contributed by atoms with Gasteiger partial charge < -0.3 is 5.11 Å². The zero-order valence-corrected chi connectivity index (χ0v) is 9.81. The molecule has 0 radical (unpaired) electrons. The van der Waals surface area contributed by atoms with Gasteiger partial charge >= 0.3 is 0 Å². The number of halogens is 2. The number of carbonyl (C=O) groups is 1. The highest BCUT2D eigenvalue weighted by Crippen LogP contribution is 2.18. The van der Waals surface area contributed by atoms with Crippen molar-refractivity contribution >= 4 is 39.0 Å². The van der Waals surface area contributed by atoms with Crippen molar-refractivity contribution in [1.29, 1.82) is 0 Å². The summed E-state index contributed by atoms with van der Waals surface area (Å²) in [4.78, 5) is 11.5. The van der Waals surface area contributed by atoms with Crippen molar-refractivity contribution in [3.05, 3.63) is 46.2 Å². The molecule has 0 aliphatic rings. The van der Waals surface area contributed by atoms with E-state index in [4.69, 9.17) is 5.11 Å². The maximum Gasteiger partial charge on any atom is 0.187 e. The molecule has 1 N–H and O–H groups in total. The van der Waals surface area contributed by atoms with Crippen molar-refractivity contribution in [2.45, 2.75) is 0 Å². The number of aliphatic hydroxyl groups is 1. The zero-order valence-electron chi connectivity index (χ0n) is 7.41. The van der Waals surface area contributed by atoms with Gasteiger partial charge in [0.2, 0.25) is 0 Å². The summed E-state index contributed by atoms with van der Waals surface area (Å²) >= 11 is 7.43. The maximum atomic E-state index is 12.7. The third-order valence-electron chi connectivity index (χ3n) is 1.57. The van der Waals surface area contributed by atoms with Gasteiger partial charge in [-0.3, -0.25) is 4.79 Å². The summed E-state index contributed by atoms with van der Waals surface area (Å²) < 4.78 is 13.1. The maximum absolute atomic E-state index is 12.7. The Morgan fingerprint density at radius 2 is 2.13 bits per heavy atom. The number of hydrogen-bond acceptors (Lipinski definition) is 2. The predicted molar refractivity (Wildman–Crippen MR) is 62.8 cm³/mol. The summed E-state index contributed by atoms with van der Waals surface area (Å²) in [5.74, 6) is -0.793. The van der Waals surface area contributed by atoms with E-state index in [2.05, 4.69) is 28.1 Å². The smallest absolute Gasteiger partial charge is 0.187 e. The van der Waals surface area contributed by atoms with Crippen LogP contribution in [0.1, 0.15) is 10.4 Å². The van der Waals surface area contributed by atoms with E-state index in [0.29, 0.717) is 10.0 Å². The molecule has 2 nitrogen and oxygen atoms in total. The van der Waals surface area contributed by atoms with Crippen LogP contribution >= 0.6 is 28.1 Å². The lowest BCUT2D eigenvalue weighted by molar-refractivity contribution is 0.104. The number of rotatable bonds is 3. The molecule has 0 saturated heterocycles. The van der Waals surface area contributed by atoms with Gasteiger partial charge in [-0.05, 0) is 58.5 Å². The SMILES string of the molecule is O=C(/C=C/C(O)=S)c1ccc(F)cc1Br. The first-order valence-electron chi connectivity index (χ1n) is 3.91. The highest BCUT2D eigenvalue weighted by atomic mass is 79.9. The number of benzene rings is 1. The average molecular weight is 289 g/mol. The fourth-order valence-electron chi connectivity index (χ4n) is 0.926. The number of ketones is 1. The summed E-state index contributed by atoms with van der Waals surface area (Å²) in [5, 5.41) is 8.31. The van der Waals surface area contributed by atoms with Crippen LogP contribution in [0, 0.1) is 5.82 Å². The van der Waals surface area contributed by atoms with Crippen molar-refractivity contribution in [3.8, 4) is 0 Å². The number of thiocarbonyl (C=S) groups is 1. The molecule has 0 aromatic heterocycles. The van der Waals surface area contributed by atoms with Crippen molar-refractivity contribution in [2.75, 3.05) is 0 Å². The van der Waals surface area contributed by atoms with Crippen LogP contribution in [0.5, 0.6) is 0 Å². The fourth-order valence-corrected chi connectivity index (χ4v) is 1.54. The van der Waals surface area contributed by atoms with E-state index in [0.717, 1.165) is 12.2 Å². The molecule has 0 atom stereocenters. The molecule has 0 amide bonds. The van der Waals surface area contributed by atoms with E-state index in [1.165, 1.54) is 18.2 Å². The number of carbonyl (C=O) groups excluding carboxylic acids is 1. The lowest BCUT2D eigenvalue weighted by Crippen LogP contribution is -1.97. The molecular formula is C10H6BrFO2S. The quantitative estimate of drug-likeness (QED) is 0.527. The van der Waals surface area contributed by atoms with Crippen LogP contribution in [0.2, 0.25) is 0 Å². The molecule has 1 aromatic rings. The first kappa shape index (κ1) is 12.0. The number of aliphatic hydroxyl groups excluding tert-OH is 1. The van der Waals surface area contributed by atoms with Gasteiger partial charge in [0.1, 0.15) is 5.82 Å². The van der Waals surface area contributed by atoms with Crippen LogP contribution in [0.25, 0.3) is 0 Å². The molecular weight excluding hydrogens is 283 g/mol. The Morgan fingerprint density at radius 3 is 2.67 bits per heavy atom. The second-order valence-electron chi connectivity index (χ2n) is 2.66. The van der Waals surface area contributed by atoms with Crippen molar-refractivity contribution in [3.63, 3.8) is 0 Å². The van der Waals surface area contributed by atoms with Gasteiger partial charge in [-0.25, -0.2) is 4.39 Å². The molecule has 5 heteroatoms. The molecule has 0 spiro atoms. The number of allylic oxidation sites excluding steroid dienone is 1. The first-order chi connectivity index (χ1) is 7.00. The monoisotopic (exact) mass is 288 g/mol. The highest BCUT2D eigenvalue weighted by Gasteiger charge is 2.07. The third-order valence-corrected chi connectivity index (χ3v) is 2.37. The molecule has 78 valence electrons. The minimum atomic E-state index is -0.430. The Bertz CT molecular complexity index is 443. The van der Waals surface area contributed by atoms with Gasteiger partial charge in [0.25, 0.3) is 0 Å². The van der Waals surface area contributed by atoms with E-state index in [-0.39, 0.29) is 10.8 Å². The molecule has 0 unspecified atom stereocenters. The van der Waals surface area contributed by atoms with E-state index in [1.54, 1.807) is 0 Å². The normalized spacial score (nSPS) is 10.5. The van der Waals surface area contributed by atoms with E-state index in [1.807, 2.05) is 0 Å².